The number of benzene rings is 4. The molecule has 0 bridgehead atoms. The number of aryl methyl sites for hydroxylation is 1. The summed E-state index contributed by atoms with van der Waals surface area (Å²) in [6, 6.07) is 39.3. The van der Waals surface area contributed by atoms with Crippen molar-refractivity contribution in [3.63, 3.8) is 0 Å². The van der Waals surface area contributed by atoms with Crippen molar-refractivity contribution in [3.05, 3.63) is 150 Å². The molecule has 4 nitrogen and oxygen atoms in total. The lowest BCUT2D eigenvalue weighted by Gasteiger charge is -2.14. The first-order chi connectivity index (χ1) is 19.1. The maximum absolute atomic E-state index is 6.71. The topological polar surface area (TPSA) is 56.2 Å². The van der Waals surface area contributed by atoms with E-state index in [1.54, 1.807) is 0 Å². The molecule has 1 unspecified atom stereocenters. The molecule has 6 aromatic rings. The molecule has 0 saturated heterocycles. The summed E-state index contributed by atoms with van der Waals surface area (Å²) in [4.78, 5) is 9.78. The number of hydrogen-bond donors (Lipinski definition) is 1. The largest absolute Gasteiger partial charge is 0.383 e. The first-order valence-electron chi connectivity index (χ1n) is 13.2. The number of hydrogen-bond acceptors (Lipinski definition) is 2. The molecule has 6 rings (SSSR count). The minimum absolute atomic E-state index is 0.215. The fourth-order valence-corrected chi connectivity index (χ4v) is 5.14. The number of fused-ring (bicyclic) bond motifs is 3. The Labute approximate surface area is 228 Å². The van der Waals surface area contributed by atoms with Crippen molar-refractivity contribution in [3.8, 4) is 5.69 Å². The van der Waals surface area contributed by atoms with E-state index in [9.17, 15) is 0 Å². The summed E-state index contributed by atoms with van der Waals surface area (Å²) in [5.74, 6) is 0.493. The average Bonchev–Trinajstić information content (AvgIpc) is 3.31. The number of aromatic nitrogens is 2. The third-order valence-electron chi connectivity index (χ3n) is 7.14. The van der Waals surface area contributed by atoms with Crippen LogP contribution in [-0.4, -0.2) is 15.4 Å². The molecule has 4 aromatic carbocycles. The van der Waals surface area contributed by atoms with Gasteiger partial charge in [-0.15, -0.1) is 0 Å². The van der Waals surface area contributed by atoms with E-state index in [0.717, 1.165) is 38.9 Å². The van der Waals surface area contributed by atoms with Crippen LogP contribution in [0.5, 0.6) is 0 Å². The number of aliphatic imine (C=N–C) groups is 1. The van der Waals surface area contributed by atoms with Crippen LogP contribution in [0, 0.1) is 6.92 Å². The molecular formula is C35H30N4. The van der Waals surface area contributed by atoms with Crippen LogP contribution >= 0.6 is 0 Å². The Morgan fingerprint density at radius 1 is 0.795 bits per heavy atom. The number of rotatable bonds is 6. The molecule has 0 aliphatic rings. The third-order valence-corrected chi connectivity index (χ3v) is 7.14. The zero-order valence-corrected chi connectivity index (χ0v) is 22.1. The van der Waals surface area contributed by atoms with Gasteiger partial charge >= 0.3 is 0 Å². The summed E-state index contributed by atoms with van der Waals surface area (Å²) in [7, 11) is 0. The number of amidine groups is 1. The highest BCUT2D eigenvalue weighted by molar-refractivity contribution is 6.08. The molecule has 0 amide bonds. The Morgan fingerprint density at radius 3 is 2.33 bits per heavy atom. The van der Waals surface area contributed by atoms with Gasteiger partial charge in [0.1, 0.15) is 11.5 Å². The zero-order valence-electron chi connectivity index (χ0n) is 22.1. The Balaban J connectivity index is 1.45. The second kappa shape index (κ2) is 10.4. The van der Waals surface area contributed by atoms with Gasteiger partial charge in [0.25, 0.3) is 0 Å². The monoisotopic (exact) mass is 506 g/mol. The second-order valence-electron chi connectivity index (χ2n) is 9.87. The molecule has 2 aromatic heterocycles. The quantitative estimate of drug-likeness (QED) is 0.184. The number of nitrogens with zero attached hydrogens (tertiary/aromatic N) is 3. The highest BCUT2D eigenvalue weighted by atomic mass is 15.0. The molecule has 190 valence electrons. The first-order valence-corrected chi connectivity index (χ1v) is 13.2. The van der Waals surface area contributed by atoms with Gasteiger partial charge in [-0.25, -0.2) is 4.98 Å². The average molecular weight is 507 g/mol. The van der Waals surface area contributed by atoms with Crippen LogP contribution < -0.4 is 5.73 Å². The Bertz CT molecular complexity index is 1830. The van der Waals surface area contributed by atoms with Gasteiger partial charge in [-0.2, -0.15) is 0 Å². The molecule has 2 N–H and O–H groups in total. The van der Waals surface area contributed by atoms with E-state index in [4.69, 9.17) is 15.7 Å². The van der Waals surface area contributed by atoms with E-state index in [0.29, 0.717) is 5.84 Å². The summed E-state index contributed by atoms with van der Waals surface area (Å²) in [5.41, 5.74) is 15.3. The molecule has 0 aliphatic carbocycles. The van der Waals surface area contributed by atoms with Crippen LogP contribution in [0.3, 0.4) is 0 Å². The molecule has 0 fully saturated rings. The van der Waals surface area contributed by atoms with Gasteiger partial charge in [-0.3, -0.25) is 9.56 Å². The number of nitrogens with two attached hydrogens (primary N) is 1. The van der Waals surface area contributed by atoms with Crippen molar-refractivity contribution >= 4 is 33.3 Å². The van der Waals surface area contributed by atoms with Crippen LogP contribution in [0.25, 0.3) is 33.2 Å². The normalized spacial score (nSPS) is 13.2. The standard InChI is InChI=1S/C35H30N4/c1-24-18-19-33-31(21-24)30-17-10-20-37-35(30)39(33)29-16-9-15-28(23-29)34(36)38-32(27-13-7-4-8-14-27)22-25(2)26-11-5-3-6-12-26/h3-23,32H,1-2H3,(H2,36,38)/b25-22+. The van der Waals surface area contributed by atoms with Gasteiger partial charge < -0.3 is 5.73 Å². The summed E-state index contributed by atoms with van der Waals surface area (Å²) in [6.07, 6.45) is 4.02. The van der Waals surface area contributed by atoms with Crippen molar-refractivity contribution in [2.24, 2.45) is 10.7 Å². The van der Waals surface area contributed by atoms with Crippen molar-refractivity contribution in [2.75, 3.05) is 0 Å². The molecular weight excluding hydrogens is 476 g/mol. The summed E-state index contributed by atoms with van der Waals surface area (Å²) in [5, 5.41) is 2.32. The van der Waals surface area contributed by atoms with Crippen LogP contribution in [0.15, 0.2) is 133 Å². The highest BCUT2D eigenvalue weighted by Gasteiger charge is 2.15. The van der Waals surface area contributed by atoms with E-state index < -0.39 is 0 Å². The van der Waals surface area contributed by atoms with Gasteiger partial charge in [0, 0.05) is 28.2 Å². The van der Waals surface area contributed by atoms with E-state index in [1.165, 1.54) is 16.5 Å². The third kappa shape index (κ3) is 4.85. The van der Waals surface area contributed by atoms with Gasteiger partial charge in [0.05, 0.1) is 11.6 Å². The fraction of sp³-hybridized carbons (Fsp3) is 0.0857. The van der Waals surface area contributed by atoms with Crippen LogP contribution in [0.2, 0.25) is 0 Å². The van der Waals surface area contributed by atoms with Gasteiger partial charge in [-0.1, -0.05) is 90.5 Å². The second-order valence-corrected chi connectivity index (χ2v) is 9.87. The molecule has 0 spiro atoms. The molecule has 1 atom stereocenters. The van der Waals surface area contributed by atoms with Crippen molar-refractivity contribution in [1.82, 2.24) is 9.55 Å². The van der Waals surface area contributed by atoms with Gasteiger partial charge in [0.2, 0.25) is 0 Å². The van der Waals surface area contributed by atoms with E-state index >= 15 is 0 Å². The summed E-state index contributed by atoms with van der Waals surface area (Å²) < 4.78 is 2.20. The number of pyridine rings is 1. The van der Waals surface area contributed by atoms with Crippen LogP contribution in [-0.2, 0) is 0 Å². The predicted octanol–water partition coefficient (Wildman–Crippen LogP) is 8.04. The smallest absolute Gasteiger partial charge is 0.145 e. The zero-order chi connectivity index (χ0) is 26.8. The Hall–Kier alpha value is -4.96. The lowest BCUT2D eigenvalue weighted by atomic mass is 10.0. The van der Waals surface area contributed by atoms with Crippen molar-refractivity contribution < 1.29 is 0 Å². The van der Waals surface area contributed by atoms with Crippen LogP contribution in [0.1, 0.15) is 35.2 Å². The van der Waals surface area contributed by atoms with Crippen LogP contribution in [0.4, 0.5) is 0 Å². The molecule has 0 radical (unpaired) electrons. The van der Waals surface area contributed by atoms with Crippen molar-refractivity contribution in [1.29, 1.82) is 0 Å². The highest BCUT2D eigenvalue weighted by Crippen LogP contribution is 2.32. The lowest BCUT2D eigenvalue weighted by Crippen LogP contribution is -2.15. The van der Waals surface area contributed by atoms with E-state index in [1.807, 2.05) is 48.7 Å². The summed E-state index contributed by atoms with van der Waals surface area (Å²) >= 11 is 0. The lowest BCUT2D eigenvalue weighted by molar-refractivity contribution is 0.910. The Kier molecular flexibility index (Phi) is 6.52. The first kappa shape index (κ1) is 24.4. The maximum atomic E-state index is 6.71. The molecule has 39 heavy (non-hydrogen) atoms. The molecule has 0 saturated carbocycles. The maximum Gasteiger partial charge on any atom is 0.145 e. The predicted molar refractivity (Wildman–Crippen MR) is 163 cm³/mol. The molecule has 2 heterocycles. The van der Waals surface area contributed by atoms with E-state index in [-0.39, 0.29) is 6.04 Å². The summed E-state index contributed by atoms with van der Waals surface area (Å²) in [6.45, 7) is 4.24. The number of allylic oxidation sites excluding steroid dienone is 1. The minimum Gasteiger partial charge on any atom is -0.383 e. The van der Waals surface area contributed by atoms with E-state index in [2.05, 4.69) is 97.3 Å². The molecule has 0 aliphatic heterocycles. The minimum atomic E-state index is -0.215. The fourth-order valence-electron chi connectivity index (χ4n) is 5.14. The Morgan fingerprint density at radius 2 is 1.54 bits per heavy atom. The van der Waals surface area contributed by atoms with Gasteiger partial charge in [-0.05, 0) is 66.9 Å². The van der Waals surface area contributed by atoms with Crippen molar-refractivity contribution in [2.45, 2.75) is 19.9 Å². The van der Waals surface area contributed by atoms with Gasteiger partial charge in [0.15, 0.2) is 0 Å². The SMILES string of the molecule is C/C(=C\C(N=C(N)c1cccc(-n2c3ccc(C)cc3c3cccnc32)c1)c1ccccc1)c1ccccc1. The molecule has 4 heteroatoms.